The Morgan fingerprint density at radius 2 is 1.90 bits per heavy atom. The number of nitrogens with one attached hydrogen (secondary N) is 2. The first-order valence-electron chi connectivity index (χ1n) is 7.05. The van der Waals surface area contributed by atoms with E-state index in [-0.39, 0.29) is 18.3 Å². The predicted octanol–water partition coefficient (Wildman–Crippen LogP) is 1.93. The molecule has 0 radical (unpaired) electrons. The van der Waals surface area contributed by atoms with Gasteiger partial charge in [0.05, 0.1) is 6.54 Å². The number of carbonyl (C=O) groups excluding carboxylic acids is 1. The molecule has 20 heavy (non-hydrogen) atoms. The Morgan fingerprint density at radius 1 is 1.20 bits per heavy atom. The van der Waals surface area contributed by atoms with E-state index in [1.165, 1.54) is 30.5 Å². The maximum absolute atomic E-state index is 11.5. The molecular weight excluding hydrogens is 274 g/mol. The van der Waals surface area contributed by atoms with Crippen LogP contribution in [0.1, 0.15) is 24.8 Å². The molecule has 0 atom stereocenters. The Bertz CT molecular complexity index is 419. The van der Waals surface area contributed by atoms with Gasteiger partial charge in [0.15, 0.2) is 0 Å². The molecular formula is C15H24ClN3O. The smallest absolute Gasteiger partial charge is 0.234 e. The Hall–Kier alpha value is -1.26. The number of likely N-dealkylation sites (N-methyl/N-ethyl adjacent to an activating group) is 1. The maximum atomic E-state index is 11.5. The molecule has 2 N–H and O–H groups in total. The first-order valence-corrected chi connectivity index (χ1v) is 7.05. The molecule has 1 aromatic rings. The molecule has 0 saturated carbocycles. The van der Waals surface area contributed by atoms with Crippen LogP contribution in [-0.4, -0.2) is 32.6 Å². The van der Waals surface area contributed by atoms with Crippen LogP contribution >= 0.6 is 12.4 Å². The summed E-state index contributed by atoms with van der Waals surface area (Å²) >= 11 is 0. The van der Waals surface area contributed by atoms with Gasteiger partial charge in [0, 0.05) is 25.3 Å². The van der Waals surface area contributed by atoms with E-state index in [2.05, 4.69) is 33.7 Å². The molecule has 5 heteroatoms. The molecule has 1 aromatic carbocycles. The summed E-state index contributed by atoms with van der Waals surface area (Å²) in [6.45, 7) is 3.22. The van der Waals surface area contributed by atoms with Gasteiger partial charge in [0.1, 0.15) is 0 Å². The normalized spacial score (nSPS) is 14.6. The highest BCUT2D eigenvalue weighted by atomic mass is 35.5. The number of carbonyl (C=O) groups is 1. The molecule has 1 aliphatic rings. The summed E-state index contributed by atoms with van der Waals surface area (Å²) in [5.41, 5.74) is 2.47. The summed E-state index contributed by atoms with van der Waals surface area (Å²) in [6.07, 6.45) is 3.86. The van der Waals surface area contributed by atoms with E-state index < -0.39 is 0 Å². The third kappa shape index (κ3) is 4.69. The summed E-state index contributed by atoms with van der Waals surface area (Å²) in [6, 6.07) is 8.37. The molecule has 112 valence electrons. The number of benzene rings is 1. The minimum Gasteiger partial charge on any atom is -0.371 e. The molecule has 1 amide bonds. The fourth-order valence-electron chi connectivity index (χ4n) is 2.52. The van der Waals surface area contributed by atoms with E-state index in [0.29, 0.717) is 13.1 Å². The highest BCUT2D eigenvalue weighted by Crippen LogP contribution is 2.23. The van der Waals surface area contributed by atoms with Gasteiger partial charge >= 0.3 is 0 Å². The van der Waals surface area contributed by atoms with Crippen molar-refractivity contribution >= 4 is 24.0 Å². The summed E-state index contributed by atoms with van der Waals surface area (Å²) in [7, 11) is 1.78. The summed E-state index contributed by atoms with van der Waals surface area (Å²) in [5, 5.41) is 5.81. The lowest BCUT2D eigenvalue weighted by molar-refractivity contribution is -0.120. The molecule has 1 heterocycles. The minimum absolute atomic E-state index is 0. The van der Waals surface area contributed by atoms with Crippen molar-refractivity contribution in [3.05, 3.63) is 29.8 Å². The highest BCUT2D eigenvalue weighted by Gasteiger charge is 2.14. The lowest BCUT2D eigenvalue weighted by Gasteiger charge is -2.30. The number of para-hydroxylation sites is 1. The molecule has 0 aliphatic carbocycles. The molecule has 0 aromatic heterocycles. The van der Waals surface area contributed by atoms with Crippen LogP contribution in [0.4, 0.5) is 5.69 Å². The lowest BCUT2D eigenvalue weighted by atomic mass is 10.1. The van der Waals surface area contributed by atoms with Crippen LogP contribution in [0.3, 0.4) is 0 Å². The van der Waals surface area contributed by atoms with Crippen molar-refractivity contribution in [2.45, 2.75) is 25.8 Å². The third-order valence-corrected chi connectivity index (χ3v) is 3.50. The zero-order chi connectivity index (χ0) is 13.5. The van der Waals surface area contributed by atoms with Crippen molar-refractivity contribution in [3.63, 3.8) is 0 Å². The molecule has 1 fully saturated rings. The number of hydrogen-bond acceptors (Lipinski definition) is 3. The van der Waals surface area contributed by atoms with Gasteiger partial charge in [-0.1, -0.05) is 18.2 Å². The third-order valence-electron chi connectivity index (χ3n) is 3.50. The van der Waals surface area contributed by atoms with Gasteiger partial charge in [-0.05, 0) is 37.9 Å². The van der Waals surface area contributed by atoms with E-state index in [1.54, 1.807) is 7.05 Å². The predicted molar refractivity (Wildman–Crippen MR) is 85.5 cm³/mol. The zero-order valence-corrected chi connectivity index (χ0v) is 12.8. The molecule has 1 aliphatic heterocycles. The van der Waals surface area contributed by atoms with Crippen LogP contribution in [-0.2, 0) is 11.3 Å². The Morgan fingerprint density at radius 3 is 2.60 bits per heavy atom. The van der Waals surface area contributed by atoms with Gasteiger partial charge in [0.2, 0.25) is 5.91 Å². The fraction of sp³-hybridized carbons (Fsp3) is 0.533. The highest BCUT2D eigenvalue weighted by molar-refractivity contribution is 5.85. The Labute approximate surface area is 127 Å². The molecule has 0 spiro atoms. The van der Waals surface area contributed by atoms with Gasteiger partial charge < -0.3 is 15.5 Å². The van der Waals surface area contributed by atoms with Crippen LogP contribution in [0, 0.1) is 0 Å². The second-order valence-electron chi connectivity index (χ2n) is 4.98. The van der Waals surface area contributed by atoms with Crippen molar-refractivity contribution in [1.82, 2.24) is 10.6 Å². The average molecular weight is 298 g/mol. The number of amides is 1. The first kappa shape index (κ1) is 16.8. The maximum Gasteiger partial charge on any atom is 0.234 e. The topological polar surface area (TPSA) is 44.4 Å². The van der Waals surface area contributed by atoms with Gasteiger partial charge in [-0.15, -0.1) is 12.4 Å². The fourth-order valence-corrected chi connectivity index (χ4v) is 2.52. The van der Waals surface area contributed by atoms with E-state index in [9.17, 15) is 4.79 Å². The Kier molecular flexibility index (Phi) is 7.41. The van der Waals surface area contributed by atoms with Crippen LogP contribution in [0.2, 0.25) is 0 Å². The molecule has 2 rings (SSSR count). The second-order valence-corrected chi connectivity index (χ2v) is 4.98. The number of anilines is 1. The van der Waals surface area contributed by atoms with Crippen LogP contribution in [0.15, 0.2) is 24.3 Å². The SMILES string of the molecule is CNCC(=O)NCc1ccccc1N1CCCCC1.Cl. The molecule has 1 saturated heterocycles. The quantitative estimate of drug-likeness (QED) is 0.873. The van der Waals surface area contributed by atoms with Gasteiger partial charge in [0.25, 0.3) is 0 Å². The standard InChI is InChI=1S/C15H23N3O.ClH/c1-16-12-15(19)17-11-13-7-3-4-8-14(13)18-9-5-2-6-10-18;/h3-4,7-8,16H,2,5-6,9-12H2,1H3,(H,17,19);1H. The molecule has 0 bridgehead atoms. The van der Waals surface area contributed by atoms with Gasteiger partial charge in [-0.2, -0.15) is 0 Å². The van der Waals surface area contributed by atoms with E-state index >= 15 is 0 Å². The number of nitrogens with zero attached hydrogens (tertiary/aromatic N) is 1. The van der Waals surface area contributed by atoms with Crippen LogP contribution in [0.5, 0.6) is 0 Å². The number of hydrogen-bond donors (Lipinski definition) is 2. The summed E-state index contributed by atoms with van der Waals surface area (Å²) in [5.74, 6) is 0.0379. The Balaban J connectivity index is 0.00000200. The average Bonchev–Trinajstić information content (AvgIpc) is 2.47. The van der Waals surface area contributed by atoms with Crippen molar-refractivity contribution in [2.75, 3.05) is 31.6 Å². The van der Waals surface area contributed by atoms with Crippen molar-refractivity contribution < 1.29 is 4.79 Å². The van der Waals surface area contributed by atoms with Crippen LogP contribution in [0.25, 0.3) is 0 Å². The first-order chi connectivity index (χ1) is 9.31. The summed E-state index contributed by atoms with van der Waals surface area (Å²) in [4.78, 5) is 14.0. The van der Waals surface area contributed by atoms with Crippen molar-refractivity contribution in [2.24, 2.45) is 0 Å². The van der Waals surface area contributed by atoms with Gasteiger partial charge in [-0.3, -0.25) is 4.79 Å². The zero-order valence-electron chi connectivity index (χ0n) is 12.0. The summed E-state index contributed by atoms with van der Waals surface area (Å²) < 4.78 is 0. The number of halogens is 1. The van der Waals surface area contributed by atoms with E-state index in [0.717, 1.165) is 13.1 Å². The van der Waals surface area contributed by atoms with Crippen LogP contribution < -0.4 is 15.5 Å². The minimum atomic E-state index is 0. The van der Waals surface area contributed by atoms with Gasteiger partial charge in [-0.25, -0.2) is 0 Å². The van der Waals surface area contributed by atoms with E-state index in [4.69, 9.17) is 0 Å². The molecule has 0 unspecified atom stereocenters. The van der Waals surface area contributed by atoms with E-state index in [1.807, 2.05) is 6.07 Å². The lowest BCUT2D eigenvalue weighted by Crippen LogP contribution is -2.33. The monoisotopic (exact) mass is 297 g/mol. The number of piperidine rings is 1. The largest absolute Gasteiger partial charge is 0.371 e. The second kappa shape index (κ2) is 8.82. The van der Waals surface area contributed by atoms with Crippen molar-refractivity contribution in [3.8, 4) is 0 Å². The van der Waals surface area contributed by atoms with Crippen molar-refractivity contribution in [1.29, 1.82) is 0 Å². The molecule has 4 nitrogen and oxygen atoms in total. The number of rotatable bonds is 5.